The van der Waals surface area contributed by atoms with Gasteiger partial charge in [-0.1, -0.05) is 371 Å². The second-order valence-electron chi connectivity index (χ2n) is 25.6. The molecule has 0 saturated carbocycles. The molecule has 2 atom stereocenters. The number of rotatable bonds is 70. The fourth-order valence-corrected chi connectivity index (χ4v) is 11.7. The van der Waals surface area contributed by atoms with Gasteiger partial charge < -0.3 is 20.3 Å². The van der Waals surface area contributed by atoms with E-state index < -0.39 is 12.1 Å². The topological polar surface area (TPSA) is 95.9 Å². The van der Waals surface area contributed by atoms with Gasteiger partial charge in [-0.25, -0.2) is 0 Å². The quantitative estimate of drug-likeness (QED) is 0.0320. The lowest BCUT2D eigenvalue weighted by atomic mass is 10.0. The van der Waals surface area contributed by atoms with Gasteiger partial charge in [0.2, 0.25) is 5.91 Å². The third kappa shape index (κ3) is 67.2. The van der Waals surface area contributed by atoms with Gasteiger partial charge >= 0.3 is 5.97 Å². The summed E-state index contributed by atoms with van der Waals surface area (Å²) in [4.78, 5) is 24.6. The SMILES string of the molecule is CCCCCCCCCCCCCCCCCC/C=C/C(O)C(CO)NC(=O)CCCCCCCCCCCCCCCCCCC/C=C\C/C=C\CCCCCCCCCCCOC(=O)CCCCCCCCCCCCCCCC. The van der Waals surface area contributed by atoms with E-state index in [2.05, 4.69) is 43.5 Å². The number of aliphatic hydroxyl groups is 2. The predicted molar refractivity (Wildman–Crippen MR) is 361 cm³/mol. The predicted octanol–water partition coefficient (Wildman–Crippen LogP) is 24.3. The van der Waals surface area contributed by atoms with Crippen LogP contribution in [-0.4, -0.2) is 47.4 Å². The molecular formula is C76H145NO5. The van der Waals surface area contributed by atoms with Gasteiger partial charge in [0.1, 0.15) is 0 Å². The van der Waals surface area contributed by atoms with Crippen molar-refractivity contribution in [3.8, 4) is 0 Å². The van der Waals surface area contributed by atoms with Crippen LogP contribution in [0, 0.1) is 0 Å². The van der Waals surface area contributed by atoms with E-state index in [4.69, 9.17) is 4.74 Å². The molecule has 3 N–H and O–H groups in total. The van der Waals surface area contributed by atoms with Gasteiger partial charge in [0, 0.05) is 12.8 Å². The maximum absolute atomic E-state index is 12.5. The van der Waals surface area contributed by atoms with Crippen molar-refractivity contribution < 1.29 is 24.5 Å². The minimum absolute atomic E-state index is 0.0167. The molecular weight excluding hydrogens is 1010 g/mol. The molecule has 0 aromatic rings. The lowest BCUT2D eigenvalue weighted by Crippen LogP contribution is -2.45. The highest BCUT2D eigenvalue weighted by atomic mass is 16.5. The minimum atomic E-state index is -0.844. The van der Waals surface area contributed by atoms with Crippen molar-refractivity contribution >= 4 is 11.9 Å². The first kappa shape index (κ1) is 80.1. The molecule has 0 aromatic carbocycles. The summed E-state index contributed by atoms with van der Waals surface area (Å²) < 4.78 is 5.49. The highest BCUT2D eigenvalue weighted by Crippen LogP contribution is 2.19. The molecule has 0 aliphatic carbocycles. The molecule has 82 heavy (non-hydrogen) atoms. The summed E-state index contributed by atoms with van der Waals surface area (Å²) >= 11 is 0. The Morgan fingerprint density at radius 2 is 0.610 bits per heavy atom. The van der Waals surface area contributed by atoms with E-state index in [-0.39, 0.29) is 18.5 Å². The number of nitrogens with one attached hydrogen (secondary N) is 1. The molecule has 0 aliphatic rings. The highest BCUT2D eigenvalue weighted by molar-refractivity contribution is 5.76. The van der Waals surface area contributed by atoms with Gasteiger partial charge in [-0.15, -0.1) is 0 Å². The van der Waals surface area contributed by atoms with Crippen LogP contribution in [0.2, 0.25) is 0 Å². The zero-order valence-electron chi connectivity index (χ0n) is 55.5. The molecule has 0 heterocycles. The Hall–Kier alpha value is -1.92. The molecule has 0 fully saturated rings. The number of ether oxygens (including phenoxy) is 1. The number of hydrogen-bond acceptors (Lipinski definition) is 5. The van der Waals surface area contributed by atoms with Crippen molar-refractivity contribution in [3.05, 3.63) is 36.5 Å². The summed E-state index contributed by atoms with van der Waals surface area (Å²) in [7, 11) is 0. The Labute approximate surface area is 513 Å². The summed E-state index contributed by atoms with van der Waals surface area (Å²) in [6.45, 7) is 4.94. The normalized spacial score (nSPS) is 12.7. The van der Waals surface area contributed by atoms with Gasteiger partial charge in [-0.2, -0.15) is 0 Å². The van der Waals surface area contributed by atoms with Crippen LogP contribution < -0.4 is 5.32 Å². The van der Waals surface area contributed by atoms with E-state index in [0.717, 1.165) is 44.9 Å². The summed E-state index contributed by atoms with van der Waals surface area (Å²) in [6, 6.07) is -0.627. The maximum Gasteiger partial charge on any atom is 0.305 e. The van der Waals surface area contributed by atoms with E-state index in [1.807, 2.05) is 6.08 Å². The van der Waals surface area contributed by atoms with Crippen molar-refractivity contribution in [3.63, 3.8) is 0 Å². The van der Waals surface area contributed by atoms with Crippen molar-refractivity contribution in [1.29, 1.82) is 0 Å². The van der Waals surface area contributed by atoms with Crippen molar-refractivity contribution in [1.82, 2.24) is 5.32 Å². The first-order valence-electron chi connectivity index (χ1n) is 37.3. The van der Waals surface area contributed by atoms with Crippen LogP contribution in [0.15, 0.2) is 36.5 Å². The highest BCUT2D eigenvalue weighted by Gasteiger charge is 2.18. The lowest BCUT2D eigenvalue weighted by molar-refractivity contribution is -0.143. The van der Waals surface area contributed by atoms with E-state index in [9.17, 15) is 19.8 Å². The third-order valence-electron chi connectivity index (χ3n) is 17.4. The summed E-state index contributed by atoms with van der Waals surface area (Å²) in [5.74, 6) is -0.0460. The number of amides is 1. The van der Waals surface area contributed by atoms with Crippen LogP contribution in [0.4, 0.5) is 0 Å². The molecule has 0 saturated heterocycles. The number of hydrogen-bond donors (Lipinski definition) is 3. The number of carbonyl (C=O) groups is 2. The van der Waals surface area contributed by atoms with Gasteiger partial charge in [0.05, 0.1) is 25.4 Å². The average molecular weight is 1150 g/mol. The minimum Gasteiger partial charge on any atom is -0.466 e. The lowest BCUT2D eigenvalue weighted by Gasteiger charge is -2.20. The van der Waals surface area contributed by atoms with Crippen molar-refractivity contribution in [2.24, 2.45) is 0 Å². The van der Waals surface area contributed by atoms with E-state index in [0.29, 0.717) is 19.4 Å². The first-order valence-corrected chi connectivity index (χ1v) is 37.3. The first-order chi connectivity index (χ1) is 40.5. The monoisotopic (exact) mass is 1150 g/mol. The van der Waals surface area contributed by atoms with Gasteiger partial charge in [0.15, 0.2) is 0 Å². The Balaban J connectivity index is 3.39. The fourth-order valence-electron chi connectivity index (χ4n) is 11.7. The number of allylic oxidation sites excluding steroid dienone is 5. The zero-order chi connectivity index (χ0) is 59.2. The molecule has 0 rings (SSSR count). The van der Waals surface area contributed by atoms with Crippen LogP contribution >= 0.6 is 0 Å². The Kier molecular flexibility index (Phi) is 69.9. The Bertz CT molecular complexity index is 1330. The standard InChI is InChI=1S/C76H145NO5/c1-3-5-7-9-11-13-15-17-19-20-38-41-44-48-52-56-60-64-68-74(79)73(72-78)77-75(80)69-65-61-57-53-49-45-42-39-36-34-32-30-28-26-24-22-21-23-25-27-29-31-33-35-37-40-43-47-51-55-59-63-67-71-82-76(81)70-66-62-58-54-50-46-18-16-14-12-10-8-6-4-2/h25,27,31,33,64,68,73-74,78-79H,3-24,26,28-30,32,34-63,65-67,69-72H2,1-2H3,(H,77,80)/b27-25-,33-31-,68-64+. The smallest absolute Gasteiger partial charge is 0.305 e. The number of esters is 1. The molecule has 0 spiro atoms. The van der Waals surface area contributed by atoms with Crippen LogP contribution in [0.25, 0.3) is 0 Å². The van der Waals surface area contributed by atoms with Crippen LogP contribution in [0.1, 0.15) is 412 Å². The molecule has 0 aromatic heterocycles. The fraction of sp³-hybridized carbons (Fsp3) is 0.895. The van der Waals surface area contributed by atoms with Crippen LogP contribution in [0.3, 0.4) is 0 Å². The molecule has 0 aliphatic heterocycles. The number of carbonyl (C=O) groups excluding carboxylic acids is 2. The van der Waals surface area contributed by atoms with E-state index in [1.54, 1.807) is 6.08 Å². The van der Waals surface area contributed by atoms with Gasteiger partial charge in [0.25, 0.3) is 0 Å². The Morgan fingerprint density at radius 1 is 0.341 bits per heavy atom. The van der Waals surface area contributed by atoms with Gasteiger partial charge in [-0.3, -0.25) is 9.59 Å². The molecule has 484 valence electrons. The largest absolute Gasteiger partial charge is 0.466 e. The van der Waals surface area contributed by atoms with Crippen LogP contribution in [-0.2, 0) is 14.3 Å². The van der Waals surface area contributed by atoms with Crippen molar-refractivity contribution in [2.45, 2.75) is 424 Å². The summed E-state index contributed by atoms with van der Waals surface area (Å²) in [6.07, 6.45) is 92.4. The molecule has 0 bridgehead atoms. The van der Waals surface area contributed by atoms with Crippen molar-refractivity contribution in [2.75, 3.05) is 13.2 Å². The second-order valence-corrected chi connectivity index (χ2v) is 25.6. The molecule has 6 nitrogen and oxygen atoms in total. The second kappa shape index (κ2) is 71.6. The molecule has 1 amide bonds. The molecule has 0 radical (unpaired) electrons. The van der Waals surface area contributed by atoms with E-state index >= 15 is 0 Å². The zero-order valence-corrected chi connectivity index (χ0v) is 55.5. The average Bonchev–Trinajstić information content (AvgIpc) is 3.48. The summed E-state index contributed by atoms with van der Waals surface area (Å²) in [5.41, 5.74) is 0. The summed E-state index contributed by atoms with van der Waals surface area (Å²) in [5, 5.41) is 23.2. The third-order valence-corrected chi connectivity index (χ3v) is 17.4. The molecule has 6 heteroatoms. The molecule has 2 unspecified atom stereocenters. The van der Waals surface area contributed by atoms with Gasteiger partial charge in [-0.05, 0) is 64.2 Å². The Morgan fingerprint density at radius 3 is 0.927 bits per heavy atom. The number of unbranched alkanes of at least 4 members (excludes halogenated alkanes) is 55. The maximum atomic E-state index is 12.5. The number of aliphatic hydroxyl groups excluding tert-OH is 2. The van der Waals surface area contributed by atoms with E-state index in [1.165, 1.54) is 340 Å². The van der Waals surface area contributed by atoms with Crippen LogP contribution in [0.5, 0.6) is 0 Å².